The lowest BCUT2D eigenvalue weighted by molar-refractivity contribution is 0.0785. The zero-order valence-corrected chi connectivity index (χ0v) is 17.0. The number of sulfonamides is 1. The van der Waals surface area contributed by atoms with E-state index in [0.29, 0.717) is 11.3 Å². The number of carbonyl (C=O) groups excluding carboxylic acids is 1. The summed E-state index contributed by atoms with van der Waals surface area (Å²) in [6.07, 6.45) is 0. The molecular weight excluding hydrogens is 399 g/mol. The molecule has 0 saturated heterocycles. The summed E-state index contributed by atoms with van der Waals surface area (Å²) in [5, 5.41) is 1.55. The Labute approximate surface area is 167 Å². The second-order valence-electron chi connectivity index (χ2n) is 6.34. The van der Waals surface area contributed by atoms with Crippen molar-refractivity contribution in [3.05, 3.63) is 81.8 Å². The van der Waals surface area contributed by atoms with E-state index in [0.717, 1.165) is 16.9 Å². The molecule has 28 heavy (non-hydrogen) atoms. The highest BCUT2D eigenvalue weighted by Gasteiger charge is 2.26. The van der Waals surface area contributed by atoms with E-state index in [4.69, 9.17) is 0 Å². The lowest BCUT2D eigenvalue weighted by atomic mass is 10.2. The molecule has 0 saturated carbocycles. The maximum atomic E-state index is 13.9. The lowest BCUT2D eigenvalue weighted by Gasteiger charge is -2.18. The van der Waals surface area contributed by atoms with Crippen LogP contribution in [-0.4, -0.2) is 26.3 Å². The molecule has 5 nitrogen and oxygen atoms in total. The first-order valence-electron chi connectivity index (χ1n) is 8.44. The summed E-state index contributed by atoms with van der Waals surface area (Å²) in [6.45, 7) is 1.94. The van der Waals surface area contributed by atoms with E-state index in [9.17, 15) is 17.6 Å². The Morgan fingerprint density at radius 2 is 1.79 bits per heavy atom. The molecule has 2 aromatic carbocycles. The number of benzene rings is 2. The van der Waals surface area contributed by atoms with E-state index in [1.807, 2.05) is 6.92 Å². The van der Waals surface area contributed by atoms with Crippen molar-refractivity contribution in [2.24, 2.45) is 0 Å². The molecule has 0 unspecified atom stereocenters. The number of amides is 1. The first-order valence-corrected chi connectivity index (χ1v) is 10.8. The van der Waals surface area contributed by atoms with Gasteiger partial charge in [-0.3, -0.25) is 9.52 Å². The molecule has 0 fully saturated rings. The van der Waals surface area contributed by atoms with Gasteiger partial charge in [0.1, 0.15) is 15.6 Å². The van der Waals surface area contributed by atoms with E-state index in [1.165, 1.54) is 24.1 Å². The highest BCUT2D eigenvalue weighted by atomic mass is 32.2. The van der Waals surface area contributed by atoms with Crippen molar-refractivity contribution in [1.29, 1.82) is 0 Å². The normalized spacial score (nSPS) is 11.2. The fourth-order valence-electron chi connectivity index (χ4n) is 2.62. The summed E-state index contributed by atoms with van der Waals surface area (Å²) in [5.74, 6) is -0.898. The minimum atomic E-state index is -3.93. The van der Waals surface area contributed by atoms with Crippen molar-refractivity contribution >= 4 is 33.0 Å². The van der Waals surface area contributed by atoms with Gasteiger partial charge in [-0.1, -0.05) is 35.9 Å². The quantitative estimate of drug-likeness (QED) is 0.650. The molecule has 8 heteroatoms. The van der Waals surface area contributed by atoms with Gasteiger partial charge in [0.05, 0.1) is 0 Å². The van der Waals surface area contributed by atoms with Crippen molar-refractivity contribution in [3.8, 4) is 0 Å². The van der Waals surface area contributed by atoms with Crippen LogP contribution in [0.5, 0.6) is 0 Å². The second-order valence-corrected chi connectivity index (χ2v) is 8.91. The fraction of sp³-hybridized carbons (Fsp3) is 0.150. The number of hydrogen-bond acceptors (Lipinski definition) is 4. The standard InChI is InChI=1S/C20H19FN2O3S2/c1-14-7-9-16(10-8-14)22-28(25,26)18-11-12-27-19(18)20(24)23(2)13-15-5-3-4-6-17(15)21/h3-12,22H,13H2,1-2H3. The number of nitrogens with one attached hydrogen (secondary N) is 1. The van der Waals surface area contributed by atoms with E-state index in [2.05, 4.69) is 4.72 Å². The molecule has 0 aliphatic carbocycles. The number of anilines is 1. The highest BCUT2D eigenvalue weighted by Crippen LogP contribution is 2.26. The predicted octanol–water partition coefficient (Wildman–Crippen LogP) is 4.27. The predicted molar refractivity (Wildman–Crippen MR) is 109 cm³/mol. The zero-order valence-electron chi connectivity index (χ0n) is 15.3. The van der Waals surface area contributed by atoms with Crippen molar-refractivity contribution in [2.45, 2.75) is 18.4 Å². The van der Waals surface area contributed by atoms with Gasteiger partial charge in [-0.05, 0) is 36.6 Å². The number of nitrogens with zero attached hydrogens (tertiary/aromatic N) is 1. The van der Waals surface area contributed by atoms with E-state index in [1.54, 1.807) is 47.8 Å². The summed E-state index contributed by atoms with van der Waals surface area (Å²) < 4.78 is 41.9. The molecule has 146 valence electrons. The highest BCUT2D eigenvalue weighted by molar-refractivity contribution is 7.93. The fourth-order valence-corrected chi connectivity index (χ4v) is 5.10. The van der Waals surface area contributed by atoms with Crippen molar-refractivity contribution in [3.63, 3.8) is 0 Å². The lowest BCUT2D eigenvalue weighted by Crippen LogP contribution is -2.27. The van der Waals surface area contributed by atoms with Crippen LogP contribution in [0, 0.1) is 12.7 Å². The molecule has 3 rings (SSSR count). The van der Waals surface area contributed by atoms with Gasteiger partial charge >= 0.3 is 0 Å². The first-order chi connectivity index (χ1) is 13.3. The average molecular weight is 419 g/mol. The van der Waals surface area contributed by atoms with Gasteiger partial charge in [-0.25, -0.2) is 12.8 Å². The molecular formula is C20H19FN2O3S2. The Morgan fingerprint density at radius 1 is 1.11 bits per heavy atom. The largest absolute Gasteiger partial charge is 0.337 e. The van der Waals surface area contributed by atoms with Gasteiger partial charge in [0.15, 0.2) is 0 Å². The number of aryl methyl sites for hydroxylation is 1. The van der Waals surface area contributed by atoms with Crippen molar-refractivity contribution in [2.75, 3.05) is 11.8 Å². The topological polar surface area (TPSA) is 66.5 Å². The van der Waals surface area contributed by atoms with Gasteiger partial charge in [0.25, 0.3) is 15.9 Å². The molecule has 0 spiro atoms. The number of carbonyl (C=O) groups is 1. The average Bonchev–Trinajstić information content (AvgIpc) is 3.15. The number of hydrogen-bond donors (Lipinski definition) is 1. The molecule has 1 N–H and O–H groups in total. The molecule has 1 aromatic heterocycles. The van der Waals surface area contributed by atoms with Crippen LogP contribution in [0.25, 0.3) is 0 Å². The van der Waals surface area contributed by atoms with Crippen LogP contribution >= 0.6 is 11.3 Å². The molecule has 0 bridgehead atoms. The molecule has 0 aliphatic heterocycles. The molecule has 1 amide bonds. The van der Waals surface area contributed by atoms with Gasteiger partial charge in [0, 0.05) is 24.8 Å². The summed E-state index contributed by atoms with van der Waals surface area (Å²) >= 11 is 1.04. The minimum Gasteiger partial charge on any atom is -0.337 e. The van der Waals surface area contributed by atoms with Crippen LogP contribution in [0.3, 0.4) is 0 Å². The Kier molecular flexibility index (Phi) is 5.81. The third-order valence-corrected chi connectivity index (χ3v) is 6.58. The maximum absolute atomic E-state index is 13.9. The Morgan fingerprint density at radius 3 is 2.46 bits per heavy atom. The second kappa shape index (κ2) is 8.12. The minimum absolute atomic E-state index is 0.0360. The summed E-state index contributed by atoms with van der Waals surface area (Å²) in [5.41, 5.74) is 1.77. The Balaban J connectivity index is 1.83. The Hall–Kier alpha value is -2.71. The number of rotatable bonds is 6. The van der Waals surface area contributed by atoms with Crippen LogP contribution in [0.4, 0.5) is 10.1 Å². The number of thiophene rings is 1. The summed E-state index contributed by atoms with van der Waals surface area (Å²) in [7, 11) is -2.42. The molecule has 3 aromatic rings. The SMILES string of the molecule is Cc1ccc(NS(=O)(=O)c2ccsc2C(=O)N(C)Cc2ccccc2F)cc1. The summed E-state index contributed by atoms with van der Waals surface area (Å²) in [6, 6.07) is 14.5. The Bertz CT molecular complexity index is 1090. The smallest absolute Gasteiger partial charge is 0.265 e. The molecule has 1 heterocycles. The van der Waals surface area contributed by atoms with Gasteiger partial charge in [-0.2, -0.15) is 0 Å². The van der Waals surface area contributed by atoms with Crippen LogP contribution in [-0.2, 0) is 16.6 Å². The maximum Gasteiger partial charge on any atom is 0.265 e. The summed E-state index contributed by atoms with van der Waals surface area (Å²) in [4.78, 5) is 14.1. The third-order valence-electron chi connectivity index (χ3n) is 4.13. The van der Waals surface area contributed by atoms with E-state index < -0.39 is 21.7 Å². The van der Waals surface area contributed by atoms with Crippen molar-refractivity contribution in [1.82, 2.24) is 4.90 Å². The van der Waals surface area contributed by atoms with E-state index in [-0.39, 0.29) is 16.3 Å². The van der Waals surface area contributed by atoms with Gasteiger partial charge in [-0.15, -0.1) is 11.3 Å². The van der Waals surface area contributed by atoms with Crippen LogP contribution in [0.15, 0.2) is 64.9 Å². The van der Waals surface area contributed by atoms with Gasteiger partial charge in [0.2, 0.25) is 0 Å². The van der Waals surface area contributed by atoms with Crippen molar-refractivity contribution < 1.29 is 17.6 Å². The van der Waals surface area contributed by atoms with E-state index >= 15 is 0 Å². The monoisotopic (exact) mass is 418 g/mol. The molecule has 0 atom stereocenters. The van der Waals surface area contributed by atoms with Gasteiger partial charge < -0.3 is 4.90 Å². The third kappa shape index (κ3) is 4.40. The number of halogens is 1. The van der Waals surface area contributed by atoms with Crippen LogP contribution in [0.2, 0.25) is 0 Å². The van der Waals surface area contributed by atoms with Crippen LogP contribution in [0.1, 0.15) is 20.8 Å². The zero-order chi connectivity index (χ0) is 20.3. The first kappa shape index (κ1) is 20.0. The van der Waals surface area contributed by atoms with Crippen LogP contribution < -0.4 is 4.72 Å². The molecule has 0 aliphatic rings. The molecule has 0 radical (unpaired) electrons.